The number of thiophene rings is 1. The van der Waals surface area contributed by atoms with E-state index in [0.717, 1.165) is 24.0 Å². The fourth-order valence-electron chi connectivity index (χ4n) is 2.51. The first-order valence-corrected chi connectivity index (χ1v) is 7.13. The van der Waals surface area contributed by atoms with Crippen LogP contribution in [-0.2, 0) is 0 Å². The van der Waals surface area contributed by atoms with Crippen LogP contribution in [0.25, 0.3) is 0 Å². The fraction of sp³-hybridized carbons (Fsp3) is 0.615. The lowest BCUT2D eigenvalue weighted by Gasteiger charge is -2.28. The summed E-state index contributed by atoms with van der Waals surface area (Å²) in [6.45, 7) is 2.47. The normalized spacial score (nSPS) is 16.4. The van der Waals surface area contributed by atoms with E-state index < -0.39 is 0 Å². The van der Waals surface area contributed by atoms with Crippen molar-refractivity contribution in [2.24, 2.45) is 0 Å². The molecule has 1 N–H and O–H groups in total. The maximum atomic E-state index is 12.4. The van der Waals surface area contributed by atoms with Crippen LogP contribution in [0.2, 0.25) is 0 Å². The van der Waals surface area contributed by atoms with Gasteiger partial charge in [0.05, 0.1) is 12.2 Å². The van der Waals surface area contributed by atoms with E-state index in [4.69, 9.17) is 5.11 Å². The molecule has 1 amide bonds. The smallest absolute Gasteiger partial charge is 0.255 e. The first-order chi connectivity index (χ1) is 8.24. The summed E-state index contributed by atoms with van der Waals surface area (Å²) in [6, 6.07) is 0.328. The molecule has 0 saturated heterocycles. The summed E-state index contributed by atoms with van der Waals surface area (Å²) in [5.74, 6) is 0.0877. The summed E-state index contributed by atoms with van der Waals surface area (Å²) in [6.07, 6.45) is 4.55. The van der Waals surface area contributed by atoms with Gasteiger partial charge in [0.25, 0.3) is 5.91 Å². The summed E-state index contributed by atoms with van der Waals surface area (Å²) in [7, 11) is 0. The molecular weight excluding hydrogens is 234 g/mol. The third-order valence-electron chi connectivity index (χ3n) is 3.45. The number of carbonyl (C=O) groups is 1. The van der Waals surface area contributed by atoms with E-state index in [1.807, 2.05) is 22.6 Å². The second kappa shape index (κ2) is 5.65. The van der Waals surface area contributed by atoms with Gasteiger partial charge in [-0.3, -0.25) is 4.79 Å². The van der Waals surface area contributed by atoms with E-state index in [2.05, 4.69) is 0 Å². The van der Waals surface area contributed by atoms with Gasteiger partial charge in [0.1, 0.15) is 0 Å². The molecule has 94 valence electrons. The number of amides is 1. The molecule has 2 rings (SSSR count). The van der Waals surface area contributed by atoms with Gasteiger partial charge < -0.3 is 10.0 Å². The molecule has 1 aliphatic rings. The average molecular weight is 253 g/mol. The summed E-state index contributed by atoms with van der Waals surface area (Å²) in [5, 5.41) is 13.0. The topological polar surface area (TPSA) is 40.5 Å². The number of rotatable bonds is 4. The van der Waals surface area contributed by atoms with Crippen LogP contribution in [0.3, 0.4) is 0 Å². The molecule has 1 aromatic heterocycles. The molecular formula is C13H19NO2S. The van der Waals surface area contributed by atoms with Gasteiger partial charge in [0.15, 0.2) is 0 Å². The maximum Gasteiger partial charge on any atom is 0.255 e. The van der Waals surface area contributed by atoms with Crippen LogP contribution >= 0.6 is 11.3 Å². The van der Waals surface area contributed by atoms with E-state index in [-0.39, 0.29) is 12.5 Å². The predicted octanol–water partition coefficient (Wildman–Crippen LogP) is 2.43. The van der Waals surface area contributed by atoms with E-state index >= 15 is 0 Å². The lowest BCUT2D eigenvalue weighted by Crippen LogP contribution is -2.40. The van der Waals surface area contributed by atoms with Crippen molar-refractivity contribution in [3.63, 3.8) is 0 Å². The lowest BCUT2D eigenvalue weighted by molar-refractivity contribution is 0.0638. The van der Waals surface area contributed by atoms with Crippen molar-refractivity contribution in [1.82, 2.24) is 4.90 Å². The van der Waals surface area contributed by atoms with Gasteiger partial charge in [-0.1, -0.05) is 12.8 Å². The molecule has 1 fully saturated rings. The van der Waals surface area contributed by atoms with E-state index in [9.17, 15) is 4.79 Å². The Morgan fingerprint density at radius 1 is 1.47 bits per heavy atom. The van der Waals surface area contributed by atoms with E-state index in [0.29, 0.717) is 12.6 Å². The molecule has 0 aliphatic heterocycles. The number of carbonyl (C=O) groups excluding carboxylic acids is 1. The highest BCUT2D eigenvalue weighted by atomic mass is 32.1. The Hall–Kier alpha value is -0.870. The molecule has 0 radical (unpaired) electrons. The van der Waals surface area contributed by atoms with Crippen molar-refractivity contribution in [1.29, 1.82) is 0 Å². The van der Waals surface area contributed by atoms with Crippen molar-refractivity contribution in [2.45, 2.75) is 38.6 Å². The Balaban J connectivity index is 2.15. The minimum Gasteiger partial charge on any atom is -0.395 e. The van der Waals surface area contributed by atoms with Crippen molar-refractivity contribution >= 4 is 17.2 Å². The first kappa shape index (κ1) is 12.6. The summed E-state index contributed by atoms with van der Waals surface area (Å²) in [5.41, 5.74) is 1.84. The van der Waals surface area contributed by atoms with Gasteiger partial charge in [-0.05, 0) is 30.7 Å². The van der Waals surface area contributed by atoms with Crippen LogP contribution in [0.4, 0.5) is 0 Å². The molecule has 1 saturated carbocycles. The summed E-state index contributed by atoms with van der Waals surface area (Å²) in [4.78, 5) is 14.3. The SMILES string of the molecule is Cc1cscc1C(=O)N(CCO)C1CCCC1. The van der Waals surface area contributed by atoms with Crippen LogP contribution in [0.15, 0.2) is 10.8 Å². The second-order valence-corrected chi connectivity index (χ2v) is 5.37. The largest absolute Gasteiger partial charge is 0.395 e. The van der Waals surface area contributed by atoms with Gasteiger partial charge in [0.2, 0.25) is 0 Å². The first-order valence-electron chi connectivity index (χ1n) is 6.18. The minimum absolute atomic E-state index is 0.0470. The van der Waals surface area contributed by atoms with Gasteiger partial charge in [-0.15, -0.1) is 0 Å². The summed E-state index contributed by atoms with van der Waals surface area (Å²) < 4.78 is 0. The van der Waals surface area contributed by atoms with Crippen LogP contribution < -0.4 is 0 Å². The van der Waals surface area contributed by atoms with Crippen molar-refractivity contribution < 1.29 is 9.90 Å². The van der Waals surface area contributed by atoms with Crippen LogP contribution in [0, 0.1) is 6.92 Å². The van der Waals surface area contributed by atoms with Gasteiger partial charge in [0, 0.05) is 18.0 Å². The number of aryl methyl sites for hydroxylation is 1. The average Bonchev–Trinajstić information content (AvgIpc) is 2.95. The number of aliphatic hydroxyl groups is 1. The molecule has 1 heterocycles. The Labute approximate surface area is 106 Å². The Bertz CT molecular complexity index is 383. The summed E-state index contributed by atoms with van der Waals surface area (Å²) >= 11 is 1.56. The Kier molecular flexibility index (Phi) is 4.18. The van der Waals surface area contributed by atoms with E-state index in [1.54, 1.807) is 11.3 Å². The minimum atomic E-state index is 0.0470. The molecule has 3 nitrogen and oxygen atoms in total. The quantitative estimate of drug-likeness (QED) is 0.895. The molecule has 17 heavy (non-hydrogen) atoms. The molecule has 0 bridgehead atoms. The number of hydrogen-bond donors (Lipinski definition) is 1. The third-order valence-corrected chi connectivity index (χ3v) is 4.31. The molecule has 4 heteroatoms. The highest BCUT2D eigenvalue weighted by Crippen LogP contribution is 2.26. The Morgan fingerprint density at radius 3 is 2.71 bits per heavy atom. The third kappa shape index (κ3) is 2.69. The molecule has 1 aromatic rings. The van der Waals surface area contributed by atoms with Gasteiger partial charge >= 0.3 is 0 Å². The number of aliphatic hydroxyl groups excluding tert-OH is 1. The zero-order valence-electron chi connectivity index (χ0n) is 10.2. The van der Waals surface area contributed by atoms with E-state index in [1.165, 1.54) is 12.8 Å². The molecule has 1 aliphatic carbocycles. The van der Waals surface area contributed by atoms with Crippen molar-refractivity contribution in [3.05, 3.63) is 21.9 Å². The van der Waals surface area contributed by atoms with Gasteiger partial charge in [-0.2, -0.15) is 11.3 Å². The second-order valence-electron chi connectivity index (χ2n) is 4.63. The standard InChI is InChI=1S/C13H19NO2S/c1-10-8-17-9-12(10)13(16)14(6-7-15)11-4-2-3-5-11/h8-9,11,15H,2-7H2,1H3. The van der Waals surface area contributed by atoms with Crippen LogP contribution in [0.1, 0.15) is 41.6 Å². The zero-order chi connectivity index (χ0) is 12.3. The number of hydrogen-bond acceptors (Lipinski definition) is 3. The molecule has 0 unspecified atom stereocenters. The zero-order valence-corrected chi connectivity index (χ0v) is 11.0. The monoisotopic (exact) mass is 253 g/mol. The number of nitrogens with zero attached hydrogens (tertiary/aromatic N) is 1. The van der Waals surface area contributed by atoms with Crippen molar-refractivity contribution in [2.75, 3.05) is 13.2 Å². The fourth-order valence-corrected chi connectivity index (χ4v) is 3.33. The van der Waals surface area contributed by atoms with Crippen LogP contribution in [0.5, 0.6) is 0 Å². The Morgan fingerprint density at radius 2 is 2.18 bits per heavy atom. The highest BCUT2D eigenvalue weighted by Gasteiger charge is 2.27. The maximum absolute atomic E-state index is 12.4. The molecule has 0 atom stereocenters. The highest BCUT2D eigenvalue weighted by molar-refractivity contribution is 7.08. The molecule has 0 aromatic carbocycles. The molecule has 0 spiro atoms. The lowest BCUT2D eigenvalue weighted by atomic mass is 10.1. The van der Waals surface area contributed by atoms with Gasteiger partial charge in [-0.25, -0.2) is 0 Å². The predicted molar refractivity (Wildman–Crippen MR) is 69.4 cm³/mol. The van der Waals surface area contributed by atoms with Crippen molar-refractivity contribution in [3.8, 4) is 0 Å². The van der Waals surface area contributed by atoms with Crippen LogP contribution in [-0.4, -0.2) is 35.1 Å².